The Bertz CT molecular complexity index is 1230. The summed E-state index contributed by atoms with van der Waals surface area (Å²) in [6.45, 7) is 3.22. The van der Waals surface area contributed by atoms with Crippen molar-refractivity contribution < 1.29 is 9.90 Å². The van der Waals surface area contributed by atoms with E-state index in [9.17, 15) is 9.90 Å². The van der Waals surface area contributed by atoms with Gasteiger partial charge >= 0.3 is 0 Å². The Morgan fingerprint density at radius 3 is 2.33 bits per heavy atom. The molecule has 6 nitrogen and oxygen atoms in total. The van der Waals surface area contributed by atoms with Gasteiger partial charge in [-0.2, -0.15) is 0 Å². The van der Waals surface area contributed by atoms with Crippen LogP contribution >= 0.6 is 0 Å². The van der Waals surface area contributed by atoms with Crippen LogP contribution in [0, 0.1) is 0 Å². The minimum atomic E-state index is -0.0125. The highest BCUT2D eigenvalue weighted by Crippen LogP contribution is 2.28. The number of aliphatic hydroxyl groups is 1. The lowest BCUT2D eigenvalue weighted by molar-refractivity contribution is -0.113. The van der Waals surface area contributed by atoms with Crippen molar-refractivity contribution in [1.82, 2.24) is 5.32 Å². The minimum absolute atomic E-state index is 0.0125. The van der Waals surface area contributed by atoms with E-state index < -0.39 is 0 Å². The summed E-state index contributed by atoms with van der Waals surface area (Å²) in [6.07, 6.45) is 16.8. The lowest BCUT2D eigenvalue weighted by Crippen LogP contribution is -2.09. The van der Waals surface area contributed by atoms with E-state index in [0.717, 1.165) is 41.3 Å². The third-order valence-electron chi connectivity index (χ3n) is 5.29. The molecule has 0 saturated carbocycles. The maximum Gasteiger partial charge on any atom is 0.162 e. The highest BCUT2D eigenvalue weighted by molar-refractivity contribution is 6.28. The van der Waals surface area contributed by atoms with E-state index >= 15 is 0 Å². The molecule has 5 heterocycles. The van der Waals surface area contributed by atoms with Gasteiger partial charge in [-0.15, -0.1) is 0 Å². The smallest absolute Gasteiger partial charge is 0.162 e. The van der Waals surface area contributed by atoms with Crippen molar-refractivity contribution in [1.29, 1.82) is 0 Å². The van der Waals surface area contributed by atoms with E-state index in [1.807, 2.05) is 48.6 Å². The Kier molecular flexibility index (Phi) is 4.20. The molecule has 0 aliphatic carbocycles. The molecule has 0 aromatic carbocycles. The van der Waals surface area contributed by atoms with Crippen LogP contribution in [0.5, 0.6) is 0 Å². The first kappa shape index (κ1) is 18.2. The van der Waals surface area contributed by atoms with Crippen molar-refractivity contribution in [2.24, 2.45) is 15.0 Å². The van der Waals surface area contributed by atoms with E-state index in [1.54, 1.807) is 13.8 Å². The second-order valence-corrected chi connectivity index (χ2v) is 7.65. The molecule has 148 valence electrons. The summed E-state index contributed by atoms with van der Waals surface area (Å²) in [4.78, 5) is 26.1. The molecule has 1 saturated heterocycles. The maximum absolute atomic E-state index is 12.1. The van der Waals surface area contributed by atoms with E-state index in [-0.39, 0.29) is 11.5 Å². The molecule has 6 heteroatoms. The number of hydrogen-bond acceptors (Lipinski definition) is 6. The average Bonchev–Trinajstić information content (AvgIpc) is 3.44. The van der Waals surface area contributed by atoms with Gasteiger partial charge in [-0.3, -0.25) is 4.79 Å². The number of carbonyl (C=O) groups is 1. The molecule has 0 aromatic rings. The summed E-state index contributed by atoms with van der Waals surface area (Å²) in [5.74, 6) is 0.209. The first-order valence-electron chi connectivity index (χ1n) is 9.85. The fourth-order valence-corrected chi connectivity index (χ4v) is 3.85. The second-order valence-electron chi connectivity index (χ2n) is 7.65. The summed E-state index contributed by atoms with van der Waals surface area (Å²) in [6, 6.07) is 0. The van der Waals surface area contributed by atoms with E-state index in [1.165, 1.54) is 0 Å². The third kappa shape index (κ3) is 3.37. The van der Waals surface area contributed by atoms with Crippen molar-refractivity contribution in [2.45, 2.75) is 26.7 Å². The topological polar surface area (TPSA) is 86.4 Å². The number of ketones is 1. The molecule has 0 aromatic heterocycles. The highest BCUT2D eigenvalue weighted by Gasteiger charge is 2.22. The molecule has 0 unspecified atom stereocenters. The van der Waals surface area contributed by atoms with Gasteiger partial charge in [0.25, 0.3) is 0 Å². The molecule has 2 N–H and O–H groups in total. The average molecular weight is 396 g/mol. The second kappa shape index (κ2) is 6.91. The number of allylic oxidation sites excluding steroid dienone is 13. The van der Waals surface area contributed by atoms with E-state index in [2.05, 4.69) is 20.3 Å². The Labute approximate surface area is 174 Å². The van der Waals surface area contributed by atoms with Gasteiger partial charge in [-0.25, -0.2) is 15.0 Å². The normalized spacial score (nSPS) is 23.3. The number of aliphatic imine (C=N–C) groups is 3. The molecule has 5 rings (SSSR count). The number of nitrogens with one attached hydrogen (secondary N) is 1. The number of Topliss-reactive ketones (excluding diaryl/α,β-unsaturated/α-hetero) is 1. The molecule has 30 heavy (non-hydrogen) atoms. The molecule has 0 amide bonds. The molecular weight excluding hydrogens is 376 g/mol. The third-order valence-corrected chi connectivity index (χ3v) is 5.29. The number of hydrogen-bond donors (Lipinski definition) is 2. The van der Waals surface area contributed by atoms with Crippen LogP contribution in [-0.4, -0.2) is 28.0 Å². The lowest BCUT2D eigenvalue weighted by atomic mass is 10.1. The van der Waals surface area contributed by atoms with Crippen LogP contribution in [0.2, 0.25) is 0 Å². The van der Waals surface area contributed by atoms with Crippen molar-refractivity contribution in [3.63, 3.8) is 0 Å². The molecule has 0 radical (unpaired) electrons. The molecule has 8 bridgehead atoms. The summed E-state index contributed by atoms with van der Waals surface area (Å²) in [5.41, 5.74) is 7.67. The highest BCUT2D eigenvalue weighted by atomic mass is 16.3. The summed E-state index contributed by atoms with van der Waals surface area (Å²) >= 11 is 0. The Morgan fingerprint density at radius 1 is 0.833 bits per heavy atom. The fourth-order valence-electron chi connectivity index (χ4n) is 3.85. The van der Waals surface area contributed by atoms with Gasteiger partial charge in [-0.1, -0.05) is 0 Å². The number of nitrogens with zero attached hydrogens (tertiary/aromatic N) is 3. The number of carbonyl (C=O) groups excluding carboxylic acids is 1. The summed E-state index contributed by atoms with van der Waals surface area (Å²) < 4.78 is 0. The van der Waals surface area contributed by atoms with Gasteiger partial charge < -0.3 is 10.4 Å². The van der Waals surface area contributed by atoms with Crippen LogP contribution in [0.25, 0.3) is 0 Å². The summed E-state index contributed by atoms with van der Waals surface area (Å²) in [5, 5.41) is 13.5. The fraction of sp³-hybridized carbons (Fsp3) is 0.167. The molecule has 1 fully saturated rings. The molecule has 0 spiro atoms. The van der Waals surface area contributed by atoms with Crippen molar-refractivity contribution in [2.75, 3.05) is 0 Å². The monoisotopic (exact) mass is 396 g/mol. The van der Waals surface area contributed by atoms with Gasteiger partial charge in [0, 0.05) is 22.5 Å². The zero-order valence-corrected chi connectivity index (χ0v) is 16.7. The van der Waals surface area contributed by atoms with Crippen LogP contribution in [-0.2, 0) is 4.79 Å². The minimum Gasteiger partial charge on any atom is -0.512 e. The largest absolute Gasteiger partial charge is 0.512 e. The van der Waals surface area contributed by atoms with Crippen molar-refractivity contribution in [3.05, 3.63) is 94.0 Å². The predicted octanol–water partition coefficient (Wildman–Crippen LogP) is 4.07. The molecule has 5 aliphatic rings. The maximum atomic E-state index is 12.1. The quantitative estimate of drug-likeness (QED) is 0.655. The van der Waals surface area contributed by atoms with Crippen molar-refractivity contribution >= 4 is 22.9 Å². The first-order chi connectivity index (χ1) is 14.4. The van der Waals surface area contributed by atoms with Gasteiger partial charge in [0.05, 0.1) is 40.0 Å². The zero-order valence-electron chi connectivity index (χ0n) is 16.7. The molecule has 5 aliphatic heterocycles. The lowest BCUT2D eigenvalue weighted by Gasteiger charge is -2.02. The van der Waals surface area contributed by atoms with Gasteiger partial charge in [0.15, 0.2) is 5.78 Å². The van der Waals surface area contributed by atoms with Crippen LogP contribution < -0.4 is 5.32 Å². The van der Waals surface area contributed by atoms with Crippen LogP contribution in [0.3, 0.4) is 0 Å². The van der Waals surface area contributed by atoms with Crippen molar-refractivity contribution in [3.8, 4) is 0 Å². The van der Waals surface area contributed by atoms with Gasteiger partial charge in [0.2, 0.25) is 0 Å². The Balaban J connectivity index is 1.66. The van der Waals surface area contributed by atoms with Crippen LogP contribution in [0.1, 0.15) is 26.7 Å². The summed E-state index contributed by atoms with van der Waals surface area (Å²) in [7, 11) is 0. The van der Waals surface area contributed by atoms with Crippen LogP contribution in [0.15, 0.2) is 109 Å². The standard InChI is InChI=1S/C24H20N4O2/c1-13(29)21-9-19-7-15-4-6-18(26-15)12-24-22(14(2)30)10-20(28-24)8-16-3-5-17(25-16)11-23(21)27-19/h3,5,7-12,26,29H,4,6H2,1-2H3. The Morgan fingerprint density at radius 2 is 1.57 bits per heavy atom. The number of rotatable bonds is 1. The van der Waals surface area contributed by atoms with Crippen LogP contribution in [0.4, 0.5) is 0 Å². The van der Waals surface area contributed by atoms with Gasteiger partial charge in [-0.05, 0) is 75.3 Å². The SMILES string of the molecule is CC(=O)C1=CC2=CC3=NC(=CC4=NC(=CC4=C(C)O)C=C4CCC(=CC1=N2)N4)C=C3. The van der Waals surface area contributed by atoms with E-state index in [4.69, 9.17) is 0 Å². The molecular formula is C24H20N4O2. The zero-order chi connectivity index (χ0) is 20.8. The number of fused-ring (bicyclic) bond motifs is 5. The molecule has 0 atom stereocenters. The van der Waals surface area contributed by atoms with E-state index in [0.29, 0.717) is 28.3 Å². The first-order valence-corrected chi connectivity index (χ1v) is 9.85. The predicted molar refractivity (Wildman–Crippen MR) is 118 cm³/mol. The van der Waals surface area contributed by atoms with Gasteiger partial charge in [0.1, 0.15) is 0 Å². The Hall–Kier alpha value is -3.80. The number of aliphatic hydroxyl groups excluding tert-OH is 1.